The van der Waals surface area contributed by atoms with E-state index in [1.54, 1.807) is 0 Å². The molecule has 0 aromatic heterocycles. The van der Waals surface area contributed by atoms with E-state index in [-0.39, 0.29) is 31.1 Å². The van der Waals surface area contributed by atoms with Gasteiger partial charge in [-0.05, 0) is 103 Å². The molecule has 0 bridgehead atoms. The van der Waals surface area contributed by atoms with Gasteiger partial charge in [0.2, 0.25) is 0 Å². The lowest BCUT2D eigenvalue weighted by Crippen LogP contribution is -2.30. The average Bonchev–Trinajstić information content (AvgIpc) is 3.38. The van der Waals surface area contributed by atoms with Crippen molar-refractivity contribution in [3.05, 3.63) is 72.9 Å². The number of hydrogen-bond acceptors (Lipinski definition) is 6. The third-order valence-corrected chi connectivity index (χ3v) is 13.4. The molecular formula is C66H116O6. The fourth-order valence-corrected chi connectivity index (χ4v) is 8.76. The van der Waals surface area contributed by atoms with E-state index in [1.807, 2.05) is 0 Å². The summed E-state index contributed by atoms with van der Waals surface area (Å²) in [5.41, 5.74) is 0. The van der Waals surface area contributed by atoms with Crippen molar-refractivity contribution in [1.29, 1.82) is 0 Å². The first kappa shape index (κ1) is 68.8. The highest BCUT2D eigenvalue weighted by molar-refractivity contribution is 5.71. The van der Waals surface area contributed by atoms with Gasteiger partial charge in [-0.1, -0.05) is 261 Å². The monoisotopic (exact) mass is 1000 g/mol. The molecule has 0 N–H and O–H groups in total. The fraction of sp³-hybridized carbons (Fsp3) is 0.773. The molecule has 0 aliphatic rings. The van der Waals surface area contributed by atoms with Crippen LogP contribution >= 0.6 is 0 Å². The molecule has 0 saturated heterocycles. The standard InChI is InChI=1S/C66H116O6/c1-4-7-10-13-16-19-22-24-26-27-28-29-30-31-32-33-34-35-36-37-38-39-40-42-44-47-50-53-56-59-65(68)71-62-63(61-70-64(67)58-55-52-49-46-43-21-18-15-12-9-6-3)72-66(69)60-57-54-51-48-45-41-25-23-20-17-14-11-8-5-2/h7,10,15-16,18-19,23-26,28-29,63H,4-6,8-9,11-14,17,20-22,27,30-62H2,1-3H3/b10-7-,18-15-,19-16-,25-23-,26-24-,29-28-. The van der Waals surface area contributed by atoms with Crippen molar-refractivity contribution >= 4 is 17.9 Å². The highest BCUT2D eigenvalue weighted by Gasteiger charge is 2.19. The molecule has 6 nitrogen and oxygen atoms in total. The molecule has 6 heteroatoms. The Labute approximate surface area is 446 Å². The van der Waals surface area contributed by atoms with Crippen molar-refractivity contribution in [2.75, 3.05) is 13.2 Å². The molecule has 0 aliphatic heterocycles. The second-order valence-electron chi connectivity index (χ2n) is 20.6. The van der Waals surface area contributed by atoms with Crippen LogP contribution < -0.4 is 0 Å². The van der Waals surface area contributed by atoms with Crippen molar-refractivity contribution in [3.63, 3.8) is 0 Å². The van der Waals surface area contributed by atoms with Gasteiger partial charge in [-0.3, -0.25) is 14.4 Å². The van der Waals surface area contributed by atoms with Gasteiger partial charge < -0.3 is 14.2 Å². The van der Waals surface area contributed by atoms with Crippen LogP contribution in [0.25, 0.3) is 0 Å². The number of carbonyl (C=O) groups excluding carboxylic acids is 3. The molecule has 0 aromatic carbocycles. The normalized spacial score (nSPS) is 12.5. The minimum absolute atomic E-state index is 0.0786. The van der Waals surface area contributed by atoms with E-state index in [4.69, 9.17) is 14.2 Å². The van der Waals surface area contributed by atoms with Gasteiger partial charge in [0.1, 0.15) is 13.2 Å². The molecule has 0 fully saturated rings. The van der Waals surface area contributed by atoms with Gasteiger partial charge in [-0.25, -0.2) is 0 Å². The van der Waals surface area contributed by atoms with E-state index in [0.29, 0.717) is 19.3 Å². The lowest BCUT2D eigenvalue weighted by Gasteiger charge is -2.18. The topological polar surface area (TPSA) is 78.9 Å². The summed E-state index contributed by atoms with van der Waals surface area (Å²) in [7, 11) is 0. The fourth-order valence-electron chi connectivity index (χ4n) is 8.76. The Morgan fingerprint density at radius 1 is 0.292 bits per heavy atom. The first-order valence-corrected chi connectivity index (χ1v) is 30.9. The zero-order chi connectivity index (χ0) is 52.2. The van der Waals surface area contributed by atoms with Gasteiger partial charge in [-0.15, -0.1) is 0 Å². The third kappa shape index (κ3) is 57.7. The summed E-state index contributed by atoms with van der Waals surface area (Å²) in [6.45, 7) is 6.49. The Morgan fingerprint density at radius 3 is 0.903 bits per heavy atom. The lowest BCUT2D eigenvalue weighted by atomic mass is 10.0. The van der Waals surface area contributed by atoms with Crippen LogP contribution in [0.1, 0.15) is 310 Å². The van der Waals surface area contributed by atoms with Gasteiger partial charge in [0.15, 0.2) is 6.10 Å². The minimum atomic E-state index is -0.781. The van der Waals surface area contributed by atoms with Gasteiger partial charge in [0, 0.05) is 19.3 Å². The number of allylic oxidation sites excluding steroid dienone is 12. The van der Waals surface area contributed by atoms with Gasteiger partial charge in [0.05, 0.1) is 0 Å². The highest BCUT2D eigenvalue weighted by atomic mass is 16.6. The van der Waals surface area contributed by atoms with Crippen LogP contribution in [0.4, 0.5) is 0 Å². The van der Waals surface area contributed by atoms with Gasteiger partial charge in [-0.2, -0.15) is 0 Å². The second-order valence-corrected chi connectivity index (χ2v) is 20.6. The molecular weight excluding hydrogens is 889 g/mol. The number of rotatable bonds is 56. The quantitative estimate of drug-likeness (QED) is 0.0261. The first-order valence-electron chi connectivity index (χ1n) is 30.9. The van der Waals surface area contributed by atoms with E-state index >= 15 is 0 Å². The Hall–Kier alpha value is -3.15. The molecule has 0 rings (SSSR count). The summed E-state index contributed by atoms with van der Waals surface area (Å²) < 4.78 is 16.9. The van der Waals surface area contributed by atoms with Crippen LogP contribution in [0.15, 0.2) is 72.9 Å². The zero-order valence-corrected chi connectivity index (χ0v) is 47.7. The molecule has 0 saturated carbocycles. The van der Waals surface area contributed by atoms with Crippen LogP contribution in [-0.2, 0) is 28.6 Å². The van der Waals surface area contributed by atoms with Crippen molar-refractivity contribution in [2.45, 2.75) is 316 Å². The van der Waals surface area contributed by atoms with Crippen LogP contribution in [-0.4, -0.2) is 37.2 Å². The maximum absolute atomic E-state index is 12.8. The summed E-state index contributed by atoms with van der Waals surface area (Å²) in [4.78, 5) is 38.1. The van der Waals surface area contributed by atoms with E-state index in [2.05, 4.69) is 93.7 Å². The molecule has 416 valence electrons. The smallest absolute Gasteiger partial charge is 0.306 e. The van der Waals surface area contributed by atoms with E-state index < -0.39 is 6.10 Å². The molecule has 0 spiro atoms. The maximum Gasteiger partial charge on any atom is 0.306 e. The molecule has 0 aromatic rings. The van der Waals surface area contributed by atoms with Gasteiger partial charge >= 0.3 is 17.9 Å². The summed E-state index contributed by atoms with van der Waals surface area (Å²) in [5, 5.41) is 0. The molecule has 0 aliphatic carbocycles. The first-order chi connectivity index (χ1) is 35.5. The Morgan fingerprint density at radius 2 is 0.556 bits per heavy atom. The lowest BCUT2D eigenvalue weighted by molar-refractivity contribution is -0.167. The minimum Gasteiger partial charge on any atom is -0.462 e. The molecule has 1 atom stereocenters. The number of esters is 3. The Kier molecular flexibility index (Phi) is 57.8. The van der Waals surface area contributed by atoms with Crippen LogP contribution in [0.5, 0.6) is 0 Å². The largest absolute Gasteiger partial charge is 0.462 e. The Bertz CT molecular complexity index is 1340. The molecule has 72 heavy (non-hydrogen) atoms. The van der Waals surface area contributed by atoms with Gasteiger partial charge in [0.25, 0.3) is 0 Å². The third-order valence-electron chi connectivity index (χ3n) is 13.4. The number of ether oxygens (including phenoxy) is 3. The Balaban J connectivity index is 4.16. The molecule has 0 amide bonds. The zero-order valence-electron chi connectivity index (χ0n) is 47.7. The maximum atomic E-state index is 12.8. The number of unbranched alkanes of at least 4 members (excludes halogenated alkanes) is 33. The van der Waals surface area contributed by atoms with E-state index in [0.717, 1.165) is 103 Å². The van der Waals surface area contributed by atoms with Crippen molar-refractivity contribution in [1.82, 2.24) is 0 Å². The average molecular weight is 1010 g/mol. The highest BCUT2D eigenvalue weighted by Crippen LogP contribution is 2.16. The van der Waals surface area contributed by atoms with Crippen LogP contribution in [0, 0.1) is 0 Å². The van der Waals surface area contributed by atoms with E-state index in [1.165, 1.54) is 167 Å². The van der Waals surface area contributed by atoms with Crippen molar-refractivity contribution in [2.24, 2.45) is 0 Å². The van der Waals surface area contributed by atoms with Crippen molar-refractivity contribution < 1.29 is 28.6 Å². The summed E-state index contributed by atoms with van der Waals surface area (Å²) >= 11 is 0. The van der Waals surface area contributed by atoms with Crippen LogP contribution in [0.2, 0.25) is 0 Å². The molecule has 0 heterocycles. The predicted molar refractivity (Wildman–Crippen MR) is 311 cm³/mol. The number of hydrogen-bond donors (Lipinski definition) is 0. The van der Waals surface area contributed by atoms with Crippen molar-refractivity contribution in [3.8, 4) is 0 Å². The SMILES string of the molecule is CC/C=C\C/C=C\C/C=C\C/C=C\CCCCCCCCCCCCCCCCCCC(=O)OCC(COC(=O)CCCCCCC/C=C\CCCC)OC(=O)CCCCCCC/C=C\CCCCCCC. The van der Waals surface area contributed by atoms with E-state index in [9.17, 15) is 14.4 Å². The molecule has 0 radical (unpaired) electrons. The predicted octanol–water partition coefficient (Wildman–Crippen LogP) is 20.9. The summed E-state index contributed by atoms with van der Waals surface area (Å²) in [6.07, 6.45) is 77.7. The summed E-state index contributed by atoms with van der Waals surface area (Å²) in [6, 6.07) is 0. The second kappa shape index (κ2) is 60.4. The number of carbonyl (C=O) groups is 3. The van der Waals surface area contributed by atoms with Crippen LogP contribution in [0.3, 0.4) is 0 Å². The molecule has 1 unspecified atom stereocenters. The summed E-state index contributed by atoms with van der Waals surface area (Å²) in [5.74, 6) is -0.886.